The first kappa shape index (κ1) is 53.4. The van der Waals surface area contributed by atoms with Gasteiger partial charge in [0.2, 0.25) is 20.0 Å². The Kier molecular flexibility index (Phi) is 15.8. The molecule has 0 radical (unpaired) electrons. The lowest BCUT2D eigenvalue weighted by Crippen LogP contribution is -2.42. The highest BCUT2D eigenvalue weighted by atomic mass is 32.2. The number of hydrogen-bond acceptors (Lipinski definition) is 13. The first-order chi connectivity index (χ1) is 36.5. The topological polar surface area (TPSA) is 215 Å². The van der Waals surface area contributed by atoms with Gasteiger partial charge in [0.05, 0.1) is 74.7 Å². The summed E-state index contributed by atoms with van der Waals surface area (Å²) in [6.07, 6.45) is 2.29. The Hall–Kier alpha value is -7.40. The molecule has 19 nitrogen and oxygen atoms in total. The quantitative estimate of drug-likeness (QED) is 0.0886. The lowest BCUT2D eigenvalue weighted by Gasteiger charge is -2.34. The molecule has 4 heterocycles. The van der Waals surface area contributed by atoms with E-state index in [4.69, 9.17) is 33.9 Å². The van der Waals surface area contributed by atoms with Crippen molar-refractivity contribution >= 4 is 43.2 Å². The van der Waals surface area contributed by atoms with Gasteiger partial charge in [0, 0.05) is 72.7 Å². The Bertz CT molecular complexity index is 3530. The zero-order valence-electron chi connectivity index (χ0n) is 43.3. The highest BCUT2D eigenvalue weighted by molar-refractivity contribution is 7.89. The van der Waals surface area contributed by atoms with Gasteiger partial charge in [-0.15, -0.1) is 0 Å². The average molecular weight is 1070 g/mol. The van der Waals surface area contributed by atoms with Crippen molar-refractivity contribution in [2.75, 3.05) is 78.0 Å². The molecule has 2 aliphatic rings. The number of benzene rings is 5. The summed E-state index contributed by atoms with van der Waals surface area (Å²) in [5.74, 6) is 0.680. The first-order valence-electron chi connectivity index (χ1n) is 24.6. The van der Waals surface area contributed by atoms with Gasteiger partial charge in [-0.3, -0.25) is 19.0 Å². The summed E-state index contributed by atoms with van der Waals surface area (Å²) < 4.78 is 92.7. The first-order valence-corrected chi connectivity index (χ1v) is 27.5. The molecule has 2 N–H and O–H groups in total. The van der Waals surface area contributed by atoms with E-state index in [9.17, 15) is 26.4 Å². The number of methoxy groups -OCH3 is 3. The van der Waals surface area contributed by atoms with E-state index in [0.717, 1.165) is 5.56 Å². The molecule has 2 saturated heterocycles. The summed E-state index contributed by atoms with van der Waals surface area (Å²) in [5, 5.41) is 15.5. The molecule has 0 aliphatic carbocycles. The Morgan fingerprint density at radius 1 is 0.658 bits per heavy atom. The number of ether oxygens (including phenoxy) is 5. The standard InChI is InChI=1S/C55H60N8O11S2/c1-35(2)63-33-47(53(59-63)40-13-10-16-44(28-40)72-7)54(64)56-41-18-17-36(3)50(29-41)76(68,69)62-21-24-74-49(34-62)45-25-37(4)51(75(66,67)61-19-22-73-23-20-61)30-48(45)57-55(65)46-32-60(31-38-11-8-14-42(26-38)70-5)58-52(46)39-12-9-15-43(27-39)71-6/h8-18,25-30,32-33,35,49H,19-24,31,34H2,1-7H3,(H,56,64)(H,57,65). The Balaban J connectivity index is 1.05. The number of anilines is 2. The predicted molar refractivity (Wildman–Crippen MR) is 286 cm³/mol. The molecule has 2 fully saturated rings. The maximum atomic E-state index is 14.9. The van der Waals surface area contributed by atoms with Crippen LogP contribution < -0.4 is 24.8 Å². The molecular weight excluding hydrogens is 1010 g/mol. The lowest BCUT2D eigenvalue weighted by molar-refractivity contribution is -0.00223. The predicted octanol–water partition coefficient (Wildman–Crippen LogP) is 7.97. The van der Waals surface area contributed by atoms with Crippen LogP contribution in [0.2, 0.25) is 0 Å². The number of rotatable bonds is 17. The van der Waals surface area contributed by atoms with Gasteiger partial charge < -0.3 is 34.3 Å². The van der Waals surface area contributed by atoms with Gasteiger partial charge in [0.1, 0.15) is 28.6 Å². The fraction of sp³-hybridized carbons (Fsp3) is 0.309. The molecule has 1 atom stereocenters. The van der Waals surface area contributed by atoms with E-state index >= 15 is 0 Å². The van der Waals surface area contributed by atoms with E-state index in [1.807, 2.05) is 50.2 Å². The second-order valence-electron chi connectivity index (χ2n) is 18.7. The molecule has 0 saturated carbocycles. The van der Waals surface area contributed by atoms with Crippen molar-refractivity contribution in [3.8, 4) is 39.8 Å². The Morgan fingerprint density at radius 2 is 1.24 bits per heavy atom. The number of aryl methyl sites for hydroxylation is 2. The minimum atomic E-state index is -4.29. The van der Waals surface area contributed by atoms with Gasteiger partial charge >= 0.3 is 0 Å². The van der Waals surface area contributed by atoms with Gasteiger partial charge in [0.15, 0.2) is 0 Å². The molecule has 5 aromatic carbocycles. The van der Waals surface area contributed by atoms with E-state index in [0.29, 0.717) is 56.5 Å². The highest BCUT2D eigenvalue weighted by Crippen LogP contribution is 2.38. The number of hydrogen-bond donors (Lipinski definition) is 2. The van der Waals surface area contributed by atoms with Gasteiger partial charge in [-0.2, -0.15) is 18.8 Å². The molecular formula is C55H60N8O11S2. The third kappa shape index (κ3) is 11.3. The zero-order valence-corrected chi connectivity index (χ0v) is 44.9. The Morgan fingerprint density at radius 3 is 1.89 bits per heavy atom. The van der Waals surface area contributed by atoms with Crippen LogP contribution in [0.25, 0.3) is 22.5 Å². The van der Waals surface area contributed by atoms with E-state index < -0.39 is 38.0 Å². The molecule has 76 heavy (non-hydrogen) atoms. The molecule has 0 spiro atoms. The van der Waals surface area contributed by atoms with Crippen LogP contribution in [0, 0.1) is 13.8 Å². The van der Waals surface area contributed by atoms with Crippen LogP contribution in [0.1, 0.15) is 69.0 Å². The van der Waals surface area contributed by atoms with Gasteiger partial charge in [-0.05, 0) is 99.0 Å². The summed E-state index contributed by atoms with van der Waals surface area (Å²) in [5.41, 5.74) is 4.81. The summed E-state index contributed by atoms with van der Waals surface area (Å²) in [7, 11) is -3.72. The second kappa shape index (κ2) is 22.4. The summed E-state index contributed by atoms with van der Waals surface area (Å²) >= 11 is 0. The van der Waals surface area contributed by atoms with E-state index in [1.165, 1.54) is 20.7 Å². The van der Waals surface area contributed by atoms with Crippen LogP contribution >= 0.6 is 0 Å². The van der Waals surface area contributed by atoms with Crippen LogP contribution in [0.5, 0.6) is 17.2 Å². The van der Waals surface area contributed by atoms with Crippen LogP contribution in [-0.4, -0.2) is 124 Å². The summed E-state index contributed by atoms with van der Waals surface area (Å²) in [6, 6.07) is 29.5. The van der Waals surface area contributed by atoms with Crippen LogP contribution in [0.3, 0.4) is 0 Å². The molecule has 21 heteroatoms. The molecule has 2 aliphatic heterocycles. The second-order valence-corrected chi connectivity index (χ2v) is 22.5. The smallest absolute Gasteiger partial charge is 0.259 e. The number of sulfonamides is 2. The number of nitrogens with zero attached hydrogens (tertiary/aromatic N) is 6. The average Bonchev–Trinajstić information content (AvgIpc) is 4.11. The fourth-order valence-corrected chi connectivity index (χ4v) is 12.5. The number of aromatic nitrogens is 4. The Labute approximate surface area is 442 Å². The largest absolute Gasteiger partial charge is 0.497 e. The van der Waals surface area contributed by atoms with Crippen LogP contribution in [0.4, 0.5) is 11.4 Å². The molecule has 2 aromatic heterocycles. The van der Waals surface area contributed by atoms with Gasteiger partial charge in [0.25, 0.3) is 11.8 Å². The maximum Gasteiger partial charge on any atom is 0.259 e. The van der Waals surface area contributed by atoms with Crippen LogP contribution in [-0.2, 0) is 36.1 Å². The number of morpholine rings is 2. The number of nitrogens with one attached hydrogen (secondary N) is 2. The van der Waals surface area contributed by atoms with Crippen LogP contribution in [0.15, 0.2) is 125 Å². The SMILES string of the molecule is COc1cccc(Cn2cc(C(=O)Nc3cc(S(=O)(=O)N4CCOCC4)c(C)cc3C3CN(S(=O)(=O)c4cc(NC(=O)c5cn(C(C)C)nc5-c5cccc(OC)c5)ccc4C)CCO3)c(-c3cccc(OC)c3)n2)c1. The van der Waals surface area contributed by atoms with Crippen molar-refractivity contribution in [1.82, 2.24) is 28.2 Å². The molecule has 2 amide bonds. The monoisotopic (exact) mass is 1070 g/mol. The van der Waals surface area contributed by atoms with Crippen molar-refractivity contribution < 1.29 is 50.1 Å². The van der Waals surface area contributed by atoms with Gasteiger partial charge in [-0.1, -0.05) is 48.5 Å². The third-order valence-corrected chi connectivity index (χ3v) is 17.3. The highest BCUT2D eigenvalue weighted by Gasteiger charge is 2.36. The minimum Gasteiger partial charge on any atom is -0.497 e. The molecule has 0 bridgehead atoms. The fourth-order valence-electron chi connectivity index (χ4n) is 9.22. The van der Waals surface area contributed by atoms with Crippen molar-refractivity contribution in [2.24, 2.45) is 0 Å². The molecule has 9 rings (SSSR count). The maximum absolute atomic E-state index is 14.9. The summed E-state index contributed by atoms with van der Waals surface area (Å²) in [4.78, 5) is 28.9. The molecule has 398 valence electrons. The zero-order chi connectivity index (χ0) is 53.9. The molecule has 1 unspecified atom stereocenters. The van der Waals surface area contributed by atoms with Crippen molar-refractivity contribution in [3.05, 3.63) is 149 Å². The normalized spacial score (nSPS) is 15.6. The molecule has 7 aromatic rings. The van der Waals surface area contributed by atoms with E-state index in [2.05, 4.69) is 10.6 Å². The summed E-state index contributed by atoms with van der Waals surface area (Å²) in [6.45, 7) is 7.95. The van der Waals surface area contributed by atoms with Crippen molar-refractivity contribution in [3.63, 3.8) is 0 Å². The van der Waals surface area contributed by atoms with E-state index in [-0.39, 0.29) is 90.9 Å². The minimum absolute atomic E-state index is 0.0202. The number of amides is 2. The third-order valence-electron chi connectivity index (χ3n) is 13.3. The van der Waals surface area contributed by atoms with Crippen molar-refractivity contribution in [1.29, 1.82) is 0 Å². The number of carbonyl (C=O) groups is 2. The lowest BCUT2D eigenvalue weighted by atomic mass is 10.0. The van der Waals surface area contributed by atoms with Crippen molar-refractivity contribution in [2.45, 2.75) is 56.2 Å². The number of carbonyl (C=O) groups excluding carboxylic acids is 2. The van der Waals surface area contributed by atoms with E-state index in [1.54, 1.807) is 112 Å². The van der Waals surface area contributed by atoms with Gasteiger partial charge in [-0.25, -0.2) is 16.8 Å².